The minimum Gasteiger partial charge on any atom is -0.384 e. The molecule has 2 aliphatic rings. The number of anilines is 6. The molecule has 13 nitrogen and oxygen atoms in total. The van der Waals surface area contributed by atoms with Crippen molar-refractivity contribution in [1.29, 1.82) is 0 Å². The lowest BCUT2D eigenvalue weighted by atomic mass is 10.2. The predicted octanol–water partition coefficient (Wildman–Crippen LogP) is 9.21. The van der Waals surface area contributed by atoms with Crippen LogP contribution in [0.4, 0.5) is 34.8 Å². The fraction of sp³-hybridized carbons (Fsp3) is 0.460. The summed E-state index contributed by atoms with van der Waals surface area (Å²) < 4.78 is 0. The van der Waals surface area contributed by atoms with Crippen LogP contribution < -0.4 is 30.2 Å². The first-order chi connectivity index (χ1) is 31.7. The summed E-state index contributed by atoms with van der Waals surface area (Å²) in [6, 6.07) is 24.3. The molecule has 0 saturated carbocycles. The van der Waals surface area contributed by atoms with Gasteiger partial charge in [0.1, 0.15) is 17.5 Å². The average Bonchev–Trinajstić information content (AvgIpc) is 3.33. The lowest BCUT2D eigenvalue weighted by molar-refractivity contribution is 0.256. The third kappa shape index (κ3) is 13.0. The van der Waals surface area contributed by atoms with Gasteiger partial charge < -0.3 is 30.2 Å². The zero-order valence-electron chi connectivity index (χ0n) is 39.0. The Kier molecular flexibility index (Phi) is 17.5. The Morgan fingerprint density at radius 1 is 0.554 bits per heavy atom. The van der Waals surface area contributed by atoms with Crippen LogP contribution in [0, 0.1) is 6.92 Å². The molecule has 0 bridgehead atoms. The van der Waals surface area contributed by atoms with Crippen molar-refractivity contribution < 1.29 is 0 Å². The molecule has 2 fully saturated rings. The maximum atomic E-state index is 6.10. The van der Waals surface area contributed by atoms with Crippen LogP contribution in [0.25, 0.3) is 21.8 Å². The Balaban J connectivity index is 0.000000194. The minimum atomic E-state index is 0.715. The number of hydrogen-bond donors (Lipinski definition) is 2. The Morgan fingerprint density at radius 3 is 1.57 bits per heavy atom. The zero-order valence-corrected chi connectivity index (χ0v) is 40.5. The van der Waals surface area contributed by atoms with Gasteiger partial charge in [0, 0.05) is 148 Å². The van der Waals surface area contributed by atoms with Gasteiger partial charge in [0.05, 0.1) is 11.0 Å². The third-order valence-corrected chi connectivity index (χ3v) is 12.9. The van der Waals surface area contributed by atoms with Gasteiger partial charge in [-0.1, -0.05) is 29.3 Å². The smallest absolute Gasteiger partial charge is 0.227 e. The summed E-state index contributed by atoms with van der Waals surface area (Å²) >= 11 is 12.2. The highest BCUT2D eigenvalue weighted by Crippen LogP contribution is 2.26. The second-order valence-corrected chi connectivity index (χ2v) is 17.5. The highest BCUT2D eigenvalue weighted by atomic mass is 35.5. The summed E-state index contributed by atoms with van der Waals surface area (Å²) in [4.78, 5) is 37.7. The summed E-state index contributed by atoms with van der Waals surface area (Å²) in [7, 11) is 0. The lowest BCUT2D eigenvalue weighted by Crippen LogP contribution is -2.47. The third-order valence-electron chi connectivity index (χ3n) is 12.4. The maximum absolute atomic E-state index is 6.10. The lowest BCUT2D eigenvalue weighted by Gasteiger charge is -2.36. The van der Waals surface area contributed by atoms with E-state index < -0.39 is 0 Å². The number of fused-ring (bicyclic) bond motifs is 2. The standard InChI is InChI=1S/C25H34ClN7.C25H33ClN6/c1-4-32(5-2)25-29-19(3)17-24(30-25)33-15-13-31(14-16-33)12-6-10-27-22-9-11-28-23-18-20(26)7-8-21(22)23;1-3-31(4-2)24-7-5-8-25(29-24)32-17-15-30(16-18-32)14-6-12-27-22-11-13-28-23-19-20(26)9-10-21(22)23/h7-9,11,17-18H,4-6,10,12-16H2,1-3H3,(H,27,28);5,7-11,13,19H,3-4,6,12,14-18H2,1-2H3,(H,27,28). The monoisotopic (exact) mass is 920 g/mol. The molecule has 2 N–H and O–H groups in total. The van der Waals surface area contributed by atoms with Crippen LogP contribution in [0.5, 0.6) is 0 Å². The van der Waals surface area contributed by atoms with E-state index in [0.29, 0.717) is 5.02 Å². The van der Waals surface area contributed by atoms with Gasteiger partial charge in [-0.15, -0.1) is 0 Å². The number of hydrogen-bond acceptors (Lipinski definition) is 13. The van der Waals surface area contributed by atoms with Crippen molar-refractivity contribution in [2.45, 2.75) is 47.5 Å². The average molecular weight is 921 g/mol. The molecule has 6 heterocycles. The summed E-state index contributed by atoms with van der Waals surface area (Å²) in [5, 5.41) is 10.8. The number of nitrogens with zero attached hydrogens (tertiary/aromatic N) is 11. The van der Waals surface area contributed by atoms with E-state index in [1.54, 1.807) is 0 Å². The Labute approximate surface area is 396 Å². The van der Waals surface area contributed by atoms with E-state index in [9.17, 15) is 0 Å². The second kappa shape index (κ2) is 23.8. The molecular weight excluding hydrogens is 854 g/mol. The van der Waals surface area contributed by atoms with Gasteiger partial charge in [-0.2, -0.15) is 4.98 Å². The molecule has 0 amide bonds. The molecule has 0 spiro atoms. The molecule has 346 valence electrons. The van der Waals surface area contributed by atoms with Crippen LogP contribution in [0.15, 0.2) is 85.2 Å². The van der Waals surface area contributed by atoms with E-state index in [1.807, 2.05) is 60.9 Å². The van der Waals surface area contributed by atoms with Crippen molar-refractivity contribution in [1.82, 2.24) is 34.7 Å². The second-order valence-electron chi connectivity index (χ2n) is 16.6. The number of halogens is 2. The summed E-state index contributed by atoms with van der Waals surface area (Å²) in [5.41, 5.74) is 5.12. The van der Waals surface area contributed by atoms with Gasteiger partial charge in [-0.3, -0.25) is 19.8 Å². The van der Waals surface area contributed by atoms with E-state index in [2.05, 4.69) is 114 Å². The van der Waals surface area contributed by atoms with E-state index in [4.69, 9.17) is 33.2 Å². The molecule has 65 heavy (non-hydrogen) atoms. The first-order valence-corrected chi connectivity index (χ1v) is 24.3. The number of rotatable bonds is 18. The van der Waals surface area contributed by atoms with Crippen molar-refractivity contribution in [3.63, 3.8) is 0 Å². The van der Waals surface area contributed by atoms with Gasteiger partial charge in [0.15, 0.2) is 0 Å². The molecule has 15 heteroatoms. The van der Waals surface area contributed by atoms with Crippen LogP contribution in [-0.2, 0) is 0 Å². The molecule has 0 unspecified atom stereocenters. The predicted molar refractivity (Wildman–Crippen MR) is 275 cm³/mol. The highest BCUT2D eigenvalue weighted by molar-refractivity contribution is 6.31. The van der Waals surface area contributed by atoms with Crippen molar-refractivity contribution in [2.75, 3.05) is 135 Å². The SMILES string of the molecule is CCN(CC)c1cccc(N2CCN(CCCNc3ccnc4cc(Cl)ccc34)CC2)n1.CCN(CC)c1nc(C)cc(N2CCN(CCCNc3ccnc4cc(Cl)ccc34)CC2)n1. The largest absolute Gasteiger partial charge is 0.384 e. The van der Waals surface area contributed by atoms with E-state index in [0.717, 1.165) is 185 Å². The van der Waals surface area contributed by atoms with Crippen LogP contribution >= 0.6 is 23.2 Å². The summed E-state index contributed by atoms with van der Waals surface area (Å²) in [5.74, 6) is 4.07. The number of aryl methyl sites for hydroxylation is 1. The van der Waals surface area contributed by atoms with Crippen molar-refractivity contribution in [3.05, 3.63) is 101 Å². The number of aromatic nitrogens is 5. The van der Waals surface area contributed by atoms with Crippen LogP contribution in [-0.4, -0.2) is 139 Å². The summed E-state index contributed by atoms with van der Waals surface area (Å²) in [6.07, 6.45) is 5.87. The fourth-order valence-corrected chi connectivity index (χ4v) is 8.99. The molecule has 2 saturated heterocycles. The Morgan fingerprint density at radius 2 is 1.06 bits per heavy atom. The molecule has 4 aromatic heterocycles. The van der Waals surface area contributed by atoms with Gasteiger partial charge >= 0.3 is 0 Å². The van der Waals surface area contributed by atoms with Gasteiger partial charge in [0.25, 0.3) is 0 Å². The maximum Gasteiger partial charge on any atom is 0.227 e. The molecule has 2 aliphatic heterocycles. The minimum absolute atomic E-state index is 0.715. The quantitative estimate of drug-likeness (QED) is 0.0802. The first-order valence-electron chi connectivity index (χ1n) is 23.6. The van der Waals surface area contributed by atoms with Crippen molar-refractivity contribution in [2.24, 2.45) is 0 Å². The molecule has 0 radical (unpaired) electrons. The molecule has 2 aromatic carbocycles. The molecule has 0 aliphatic carbocycles. The molecule has 6 aromatic rings. The number of benzene rings is 2. The van der Waals surface area contributed by atoms with E-state index >= 15 is 0 Å². The van der Waals surface area contributed by atoms with Gasteiger partial charge in [-0.25, -0.2) is 9.97 Å². The van der Waals surface area contributed by atoms with Gasteiger partial charge in [0.2, 0.25) is 5.95 Å². The number of pyridine rings is 3. The van der Waals surface area contributed by atoms with Gasteiger partial charge in [-0.05, 0) is 121 Å². The number of piperazine rings is 2. The van der Waals surface area contributed by atoms with Crippen LogP contribution in [0.3, 0.4) is 0 Å². The summed E-state index contributed by atoms with van der Waals surface area (Å²) in [6.45, 7) is 26.9. The number of nitrogens with one attached hydrogen (secondary N) is 2. The van der Waals surface area contributed by atoms with Crippen molar-refractivity contribution in [3.8, 4) is 0 Å². The molecular formula is C50H67Cl2N13. The van der Waals surface area contributed by atoms with E-state index in [-0.39, 0.29) is 0 Å². The van der Waals surface area contributed by atoms with Crippen LogP contribution in [0.1, 0.15) is 46.2 Å². The highest BCUT2D eigenvalue weighted by Gasteiger charge is 2.21. The molecule has 0 atom stereocenters. The Hall–Kier alpha value is -5.21. The van der Waals surface area contributed by atoms with Crippen LogP contribution in [0.2, 0.25) is 10.0 Å². The fourth-order valence-electron chi connectivity index (χ4n) is 8.66. The zero-order chi connectivity index (χ0) is 45.5. The normalized spacial score (nSPS) is 14.6. The van der Waals surface area contributed by atoms with E-state index in [1.165, 1.54) is 0 Å². The van der Waals surface area contributed by atoms with Crippen molar-refractivity contribution >= 4 is 79.8 Å². The Bertz CT molecular complexity index is 2410. The molecule has 8 rings (SSSR count). The first kappa shape index (κ1) is 47.7. The topological polar surface area (TPSA) is 108 Å².